The van der Waals surface area contributed by atoms with Gasteiger partial charge in [0, 0.05) is 32.2 Å². The summed E-state index contributed by atoms with van der Waals surface area (Å²) in [5.74, 6) is 0. The molecule has 1 aromatic rings. The number of ether oxygens (including phenoxy) is 1. The summed E-state index contributed by atoms with van der Waals surface area (Å²) in [7, 11) is 0. The predicted octanol–water partition coefficient (Wildman–Crippen LogP) is 3.22. The molecule has 5 heteroatoms. The number of piperidine rings is 2. The van der Waals surface area contributed by atoms with Gasteiger partial charge in [0.25, 0.3) is 0 Å². The maximum atomic E-state index is 13.2. The molecule has 2 saturated heterocycles. The molecule has 126 valence electrons. The lowest BCUT2D eigenvalue weighted by atomic mass is 9.99. The van der Waals surface area contributed by atoms with E-state index in [-0.39, 0.29) is 6.09 Å². The molecule has 0 spiro atoms. The number of alkyl halides is 1. The Bertz CT molecular complexity index is 495. The van der Waals surface area contributed by atoms with Gasteiger partial charge in [-0.15, -0.1) is 0 Å². The molecule has 1 aromatic carbocycles. The third-order valence-electron chi connectivity index (χ3n) is 4.90. The van der Waals surface area contributed by atoms with Gasteiger partial charge in [0.05, 0.1) is 0 Å². The lowest BCUT2D eigenvalue weighted by Crippen LogP contribution is -2.49. The summed E-state index contributed by atoms with van der Waals surface area (Å²) in [4.78, 5) is 16.3. The van der Waals surface area contributed by atoms with Crippen molar-refractivity contribution in [2.75, 3.05) is 26.2 Å². The molecule has 0 aromatic heterocycles. The van der Waals surface area contributed by atoms with Crippen LogP contribution in [0.1, 0.15) is 31.2 Å². The van der Waals surface area contributed by atoms with Crippen LogP contribution in [0.2, 0.25) is 0 Å². The fourth-order valence-corrected chi connectivity index (χ4v) is 3.46. The average molecular weight is 320 g/mol. The van der Waals surface area contributed by atoms with Crippen molar-refractivity contribution in [3.8, 4) is 0 Å². The van der Waals surface area contributed by atoms with Crippen LogP contribution in [-0.2, 0) is 11.3 Å². The van der Waals surface area contributed by atoms with Gasteiger partial charge in [0.1, 0.15) is 12.8 Å². The first-order valence-electron chi connectivity index (χ1n) is 8.56. The van der Waals surface area contributed by atoms with Crippen LogP contribution in [0.25, 0.3) is 0 Å². The van der Waals surface area contributed by atoms with Gasteiger partial charge in [-0.25, -0.2) is 9.18 Å². The predicted molar refractivity (Wildman–Crippen MR) is 86.9 cm³/mol. The molecule has 0 radical (unpaired) electrons. The van der Waals surface area contributed by atoms with Crippen LogP contribution in [-0.4, -0.2) is 54.3 Å². The largest absolute Gasteiger partial charge is 0.445 e. The summed E-state index contributed by atoms with van der Waals surface area (Å²) < 4.78 is 18.6. The molecule has 2 heterocycles. The van der Waals surface area contributed by atoms with Gasteiger partial charge in [-0.05, 0) is 31.2 Å². The lowest BCUT2D eigenvalue weighted by Gasteiger charge is -2.40. The summed E-state index contributed by atoms with van der Waals surface area (Å²) in [6.07, 6.45) is 2.36. The molecule has 1 amide bonds. The summed E-state index contributed by atoms with van der Waals surface area (Å²) >= 11 is 0. The molecule has 0 saturated carbocycles. The maximum Gasteiger partial charge on any atom is 0.410 e. The molecular weight excluding hydrogens is 295 g/mol. The number of hydrogen-bond donors (Lipinski definition) is 0. The second-order valence-electron chi connectivity index (χ2n) is 6.47. The minimum absolute atomic E-state index is 0.227. The molecule has 0 N–H and O–H groups in total. The van der Waals surface area contributed by atoms with E-state index in [1.165, 1.54) is 0 Å². The molecule has 0 atom stereocenters. The Kier molecular flexibility index (Phi) is 5.49. The van der Waals surface area contributed by atoms with Gasteiger partial charge in [-0.3, -0.25) is 0 Å². The van der Waals surface area contributed by atoms with Crippen LogP contribution >= 0.6 is 0 Å². The van der Waals surface area contributed by atoms with Crippen molar-refractivity contribution in [1.29, 1.82) is 0 Å². The van der Waals surface area contributed by atoms with E-state index in [9.17, 15) is 9.18 Å². The quantitative estimate of drug-likeness (QED) is 0.857. The fourth-order valence-electron chi connectivity index (χ4n) is 3.46. The van der Waals surface area contributed by atoms with Crippen molar-refractivity contribution in [3.63, 3.8) is 0 Å². The highest BCUT2D eigenvalue weighted by molar-refractivity contribution is 5.67. The topological polar surface area (TPSA) is 32.8 Å². The first-order chi connectivity index (χ1) is 11.2. The number of amides is 1. The SMILES string of the molecule is O=C(OCc1ccccc1)N1CCC(N2CCC(F)CC2)CC1. The summed E-state index contributed by atoms with van der Waals surface area (Å²) in [5, 5.41) is 0. The van der Waals surface area contributed by atoms with Crippen molar-refractivity contribution < 1.29 is 13.9 Å². The second kappa shape index (κ2) is 7.77. The number of nitrogens with zero attached hydrogens (tertiary/aromatic N) is 2. The van der Waals surface area contributed by atoms with Crippen molar-refractivity contribution in [1.82, 2.24) is 9.80 Å². The number of carbonyl (C=O) groups is 1. The molecule has 2 aliphatic rings. The van der Waals surface area contributed by atoms with Gasteiger partial charge in [-0.2, -0.15) is 0 Å². The Morgan fingerprint density at radius 3 is 2.35 bits per heavy atom. The normalized spacial score (nSPS) is 21.3. The number of benzene rings is 1. The van der Waals surface area contributed by atoms with Gasteiger partial charge < -0.3 is 14.5 Å². The molecule has 0 unspecified atom stereocenters. The van der Waals surface area contributed by atoms with E-state index in [4.69, 9.17) is 4.74 Å². The standard InChI is InChI=1S/C18H25FN2O2/c19-16-6-10-20(11-7-16)17-8-12-21(13-9-17)18(22)23-14-15-4-2-1-3-5-15/h1-5,16-17H,6-14H2. The minimum Gasteiger partial charge on any atom is -0.445 e. The Hall–Kier alpha value is -1.62. The zero-order valence-corrected chi connectivity index (χ0v) is 13.5. The molecule has 4 nitrogen and oxygen atoms in total. The summed E-state index contributed by atoms with van der Waals surface area (Å²) in [6, 6.07) is 10.2. The monoisotopic (exact) mass is 320 g/mol. The Balaban J connectivity index is 1.40. The Morgan fingerprint density at radius 1 is 1.04 bits per heavy atom. The first-order valence-corrected chi connectivity index (χ1v) is 8.56. The van der Waals surface area contributed by atoms with Crippen molar-refractivity contribution in [2.45, 2.75) is 44.5 Å². The van der Waals surface area contributed by atoms with Crippen LogP contribution in [0.5, 0.6) is 0 Å². The van der Waals surface area contributed by atoms with E-state index in [1.54, 1.807) is 4.90 Å². The minimum atomic E-state index is -0.626. The van der Waals surface area contributed by atoms with E-state index >= 15 is 0 Å². The van der Waals surface area contributed by atoms with Crippen molar-refractivity contribution >= 4 is 6.09 Å². The molecule has 0 aliphatic carbocycles. The van der Waals surface area contributed by atoms with Crippen molar-refractivity contribution in [2.24, 2.45) is 0 Å². The van der Waals surface area contributed by atoms with Gasteiger partial charge >= 0.3 is 6.09 Å². The fraction of sp³-hybridized carbons (Fsp3) is 0.611. The number of halogens is 1. The van der Waals surface area contributed by atoms with Gasteiger partial charge in [-0.1, -0.05) is 30.3 Å². The lowest BCUT2D eigenvalue weighted by molar-refractivity contribution is 0.0526. The van der Waals surface area contributed by atoms with Crippen LogP contribution in [0.4, 0.5) is 9.18 Å². The van der Waals surface area contributed by atoms with Crippen LogP contribution in [0.15, 0.2) is 30.3 Å². The number of likely N-dealkylation sites (tertiary alicyclic amines) is 2. The molecule has 23 heavy (non-hydrogen) atoms. The van der Waals surface area contributed by atoms with E-state index in [2.05, 4.69) is 4.90 Å². The average Bonchev–Trinajstić information content (AvgIpc) is 2.61. The first kappa shape index (κ1) is 16.2. The van der Waals surface area contributed by atoms with Crippen LogP contribution < -0.4 is 0 Å². The highest BCUT2D eigenvalue weighted by Crippen LogP contribution is 2.22. The maximum absolute atomic E-state index is 13.2. The Labute approximate surface area is 137 Å². The van der Waals surface area contributed by atoms with Gasteiger partial charge in [0.2, 0.25) is 0 Å². The molecule has 3 rings (SSSR count). The van der Waals surface area contributed by atoms with Gasteiger partial charge in [0.15, 0.2) is 0 Å². The molecule has 2 fully saturated rings. The van der Waals surface area contributed by atoms with Crippen LogP contribution in [0.3, 0.4) is 0 Å². The Morgan fingerprint density at radius 2 is 1.70 bits per heavy atom. The third-order valence-corrected chi connectivity index (χ3v) is 4.90. The molecular formula is C18H25FN2O2. The molecule has 2 aliphatic heterocycles. The van der Waals surface area contributed by atoms with E-state index < -0.39 is 6.17 Å². The smallest absolute Gasteiger partial charge is 0.410 e. The second-order valence-corrected chi connectivity index (χ2v) is 6.47. The van der Waals surface area contributed by atoms with E-state index in [0.717, 1.165) is 44.6 Å². The van der Waals surface area contributed by atoms with Crippen LogP contribution in [0, 0.1) is 0 Å². The zero-order chi connectivity index (χ0) is 16.1. The number of hydrogen-bond acceptors (Lipinski definition) is 3. The summed E-state index contributed by atoms with van der Waals surface area (Å²) in [5.41, 5.74) is 1.00. The highest BCUT2D eigenvalue weighted by atomic mass is 19.1. The molecule has 0 bridgehead atoms. The third kappa shape index (κ3) is 4.44. The number of carbonyl (C=O) groups excluding carboxylic acids is 1. The summed E-state index contributed by atoms with van der Waals surface area (Å²) in [6.45, 7) is 3.49. The number of rotatable bonds is 3. The van der Waals surface area contributed by atoms with E-state index in [0.29, 0.717) is 25.5 Å². The van der Waals surface area contributed by atoms with Crippen molar-refractivity contribution in [3.05, 3.63) is 35.9 Å². The zero-order valence-electron chi connectivity index (χ0n) is 13.5. The highest BCUT2D eigenvalue weighted by Gasteiger charge is 2.29. The van der Waals surface area contributed by atoms with E-state index in [1.807, 2.05) is 30.3 Å².